The number of nitrogens with one attached hydrogen (secondary N) is 2. The zero-order valence-corrected chi connectivity index (χ0v) is 25.7. The smallest absolute Gasteiger partial charge is 0.270 e. The second kappa shape index (κ2) is 12.1. The zero-order chi connectivity index (χ0) is 30.3. The van der Waals surface area contributed by atoms with Crippen LogP contribution in [0.1, 0.15) is 98.1 Å². The van der Waals surface area contributed by atoms with Crippen LogP contribution < -0.4 is 10.6 Å². The Morgan fingerprint density at radius 1 is 1.00 bits per heavy atom. The number of rotatable bonds is 11. The first-order chi connectivity index (χ1) is 21.4. The molecule has 11 heteroatoms. The van der Waals surface area contributed by atoms with Crippen LogP contribution in [0.15, 0.2) is 40.9 Å². The molecule has 4 aliphatic rings. The topological polar surface area (TPSA) is 127 Å². The maximum atomic E-state index is 14.0. The van der Waals surface area contributed by atoms with Crippen molar-refractivity contribution in [3.63, 3.8) is 0 Å². The molecule has 3 saturated carbocycles. The first-order valence-electron chi connectivity index (χ1n) is 16.2. The van der Waals surface area contributed by atoms with E-state index in [1.807, 2.05) is 24.3 Å². The summed E-state index contributed by atoms with van der Waals surface area (Å²) in [5.74, 6) is 1.77. The average Bonchev–Trinajstić information content (AvgIpc) is 3.31. The van der Waals surface area contributed by atoms with Gasteiger partial charge < -0.3 is 19.8 Å². The van der Waals surface area contributed by atoms with Crippen LogP contribution >= 0.6 is 0 Å². The van der Waals surface area contributed by atoms with E-state index in [0.29, 0.717) is 42.3 Å². The van der Waals surface area contributed by atoms with Crippen molar-refractivity contribution in [2.24, 2.45) is 24.3 Å². The first kappa shape index (κ1) is 29.2. The Morgan fingerprint density at radius 3 is 2.32 bits per heavy atom. The first-order valence-corrected chi connectivity index (χ1v) is 16.2. The zero-order valence-electron chi connectivity index (χ0n) is 25.7. The van der Waals surface area contributed by atoms with Gasteiger partial charge in [-0.1, -0.05) is 44.7 Å². The Morgan fingerprint density at radius 2 is 1.73 bits per heavy atom. The third kappa shape index (κ3) is 5.79. The van der Waals surface area contributed by atoms with Crippen molar-refractivity contribution < 1.29 is 18.7 Å². The van der Waals surface area contributed by atoms with E-state index < -0.39 is 6.04 Å². The van der Waals surface area contributed by atoms with Gasteiger partial charge in [0.1, 0.15) is 17.8 Å². The van der Waals surface area contributed by atoms with Gasteiger partial charge in [-0.15, -0.1) is 10.2 Å². The van der Waals surface area contributed by atoms with Gasteiger partial charge in [-0.3, -0.25) is 19.2 Å². The molecular weight excluding hydrogens is 558 g/mol. The van der Waals surface area contributed by atoms with Crippen molar-refractivity contribution in [1.82, 2.24) is 30.2 Å². The van der Waals surface area contributed by atoms with E-state index in [-0.39, 0.29) is 29.2 Å². The lowest BCUT2D eigenvalue weighted by molar-refractivity contribution is -0.121. The number of amides is 2. The highest BCUT2D eigenvalue weighted by Crippen LogP contribution is 2.58. The lowest BCUT2D eigenvalue weighted by atomic mass is 9.66. The van der Waals surface area contributed by atoms with Gasteiger partial charge in [0.25, 0.3) is 5.91 Å². The minimum absolute atomic E-state index is 0.0600. The fraction of sp³-hybridized carbons (Fsp3) is 0.606. The van der Waals surface area contributed by atoms with Crippen LogP contribution in [0.5, 0.6) is 0 Å². The molecule has 0 radical (unpaired) electrons. The van der Waals surface area contributed by atoms with E-state index in [1.165, 1.54) is 12.8 Å². The van der Waals surface area contributed by atoms with Crippen LogP contribution in [0.3, 0.4) is 0 Å². The average molecular weight is 602 g/mol. The van der Waals surface area contributed by atoms with E-state index in [1.54, 1.807) is 24.0 Å². The molecule has 234 valence electrons. The molecule has 3 heterocycles. The van der Waals surface area contributed by atoms with Crippen molar-refractivity contribution in [2.75, 3.05) is 31.6 Å². The standard InChI is InChI=1S/C33H43N7O4/c1-33(14-15-33)26(21-5-3-6-21)27(36-29(41)25-13-16-34-39(25)2)30(42)35-24-11-9-22(10-12-24)28(40-17-19-43-20-18-40)32-38-37-31(44-32)23-7-4-8-23/h9-13,16,21,23,26-28H,3-8,14-15,17-20H2,1-2H3,(H,35,42)(H,36,41)/t26?,27-,28?/m0/s1. The number of aromatic nitrogens is 4. The molecule has 11 nitrogen and oxygen atoms in total. The van der Waals surface area contributed by atoms with Gasteiger partial charge >= 0.3 is 0 Å². The van der Waals surface area contributed by atoms with Crippen LogP contribution in [-0.4, -0.2) is 69.0 Å². The molecule has 4 fully saturated rings. The molecule has 1 aliphatic heterocycles. The van der Waals surface area contributed by atoms with Gasteiger partial charge in [0.15, 0.2) is 0 Å². The van der Waals surface area contributed by atoms with Crippen LogP contribution in [-0.2, 0) is 16.6 Å². The third-order valence-corrected chi connectivity index (χ3v) is 10.5. The number of hydrogen-bond donors (Lipinski definition) is 2. The number of morpholine rings is 1. The number of aryl methyl sites for hydroxylation is 1. The molecule has 0 bridgehead atoms. The summed E-state index contributed by atoms with van der Waals surface area (Å²) in [6.45, 7) is 5.11. The molecule has 0 spiro atoms. The SMILES string of the molecule is Cn1nccc1C(=O)N[C@H](C(=O)Nc1ccc(C(c2nnc(C3CCC3)o2)N2CCOCC2)cc1)C(C1CCC1)C1(C)CC1. The lowest BCUT2D eigenvalue weighted by Crippen LogP contribution is -2.54. The number of hydrogen-bond acceptors (Lipinski definition) is 8. The normalized spacial score (nSPS) is 22.3. The van der Waals surface area contributed by atoms with Crippen LogP contribution in [0.4, 0.5) is 5.69 Å². The molecule has 2 aromatic heterocycles. The number of carbonyl (C=O) groups excluding carboxylic acids is 2. The van der Waals surface area contributed by atoms with Crippen LogP contribution in [0, 0.1) is 17.3 Å². The van der Waals surface area contributed by atoms with Crippen molar-refractivity contribution in [1.29, 1.82) is 0 Å². The second-order valence-corrected chi connectivity index (χ2v) is 13.4. The van der Waals surface area contributed by atoms with E-state index in [4.69, 9.17) is 9.15 Å². The highest BCUT2D eigenvalue weighted by atomic mass is 16.5. The van der Waals surface area contributed by atoms with Crippen LogP contribution in [0.2, 0.25) is 0 Å². The minimum atomic E-state index is -0.640. The molecule has 2 N–H and O–H groups in total. The Labute approximate surface area is 258 Å². The quantitative estimate of drug-likeness (QED) is 0.330. The molecule has 1 saturated heterocycles. The fourth-order valence-electron chi connectivity index (χ4n) is 7.19. The van der Waals surface area contributed by atoms with Crippen molar-refractivity contribution >= 4 is 17.5 Å². The summed E-state index contributed by atoms with van der Waals surface area (Å²) >= 11 is 0. The van der Waals surface area contributed by atoms with Gasteiger partial charge in [0.05, 0.1) is 13.2 Å². The number of nitrogens with zero attached hydrogens (tertiary/aromatic N) is 5. The Balaban J connectivity index is 1.12. The molecule has 44 heavy (non-hydrogen) atoms. The molecule has 2 unspecified atom stereocenters. The van der Waals surface area contributed by atoms with Crippen molar-refractivity contribution in [2.45, 2.75) is 76.3 Å². The summed E-state index contributed by atoms with van der Waals surface area (Å²) in [7, 11) is 1.74. The lowest BCUT2D eigenvalue weighted by Gasteiger charge is -2.42. The van der Waals surface area contributed by atoms with E-state index in [2.05, 4.69) is 37.8 Å². The number of ether oxygens (including phenoxy) is 1. The summed E-state index contributed by atoms with van der Waals surface area (Å²) in [4.78, 5) is 29.7. The number of benzene rings is 1. The summed E-state index contributed by atoms with van der Waals surface area (Å²) in [6.07, 6.45) is 10.5. The van der Waals surface area contributed by atoms with E-state index in [9.17, 15) is 9.59 Å². The number of anilines is 1. The summed E-state index contributed by atoms with van der Waals surface area (Å²) in [6, 6.07) is 8.77. The predicted molar refractivity (Wildman–Crippen MR) is 163 cm³/mol. The monoisotopic (exact) mass is 601 g/mol. The predicted octanol–water partition coefficient (Wildman–Crippen LogP) is 4.45. The maximum Gasteiger partial charge on any atom is 0.270 e. The van der Waals surface area contributed by atoms with Gasteiger partial charge in [-0.25, -0.2) is 0 Å². The molecule has 2 amide bonds. The fourth-order valence-corrected chi connectivity index (χ4v) is 7.19. The molecule has 7 rings (SSSR count). The van der Waals surface area contributed by atoms with Crippen molar-refractivity contribution in [3.8, 4) is 0 Å². The van der Waals surface area contributed by atoms with Gasteiger partial charge in [0, 0.05) is 37.9 Å². The highest BCUT2D eigenvalue weighted by Gasteiger charge is 2.54. The molecular formula is C33H43N7O4. The van der Waals surface area contributed by atoms with Gasteiger partial charge in [0.2, 0.25) is 17.7 Å². The van der Waals surface area contributed by atoms with Gasteiger partial charge in [-0.2, -0.15) is 5.10 Å². The van der Waals surface area contributed by atoms with Crippen LogP contribution in [0.25, 0.3) is 0 Å². The number of carbonyl (C=O) groups is 2. The molecule has 3 aromatic rings. The summed E-state index contributed by atoms with van der Waals surface area (Å²) < 4.78 is 13.4. The third-order valence-electron chi connectivity index (χ3n) is 10.5. The Hall–Kier alpha value is -3.57. The maximum absolute atomic E-state index is 14.0. The van der Waals surface area contributed by atoms with Gasteiger partial charge in [-0.05, 0) is 66.7 Å². The van der Waals surface area contributed by atoms with Crippen molar-refractivity contribution in [3.05, 3.63) is 59.6 Å². The minimum Gasteiger partial charge on any atom is -0.423 e. The second-order valence-electron chi connectivity index (χ2n) is 13.4. The Bertz CT molecular complexity index is 1470. The summed E-state index contributed by atoms with van der Waals surface area (Å²) in [5.41, 5.74) is 2.21. The molecule has 3 atom stereocenters. The van der Waals surface area contributed by atoms with E-state index in [0.717, 1.165) is 63.1 Å². The molecule has 1 aromatic carbocycles. The highest BCUT2D eigenvalue weighted by molar-refractivity contribution is 6.00. The van der Waals surface area contributed by atoms with E-state index >= 15 is 0 Å². The largest absolute Gasteiger partial charge is 0.423 e. The Kier molecular flexibility index (Phi) is 8.01. The molecule has 3 aliphatic carbocycles. The summed E-state index contributed by atoms with van der Waals surface area (Å²) in [5, 5.41) is 19.3.